The lowest BCUT2D eigenvalue weighted by atomic mass is 10.1. The van der Waals surface area contributed by atoms with E-state index in [1.807, 2.05) is 66.7 Å². The Kier molecular flexibility index (Phi) is 3.35. The fraction of sp³-hybridized carbons (Fsp3) is 0. The van der Waals surface area contributed by atoms with Gasteiger partial charge >= 0.3 is 0 Å². The highest BCUT2D eigenvalue weighted by molar-refractivity contribution is 7.18. The third-order valence-electron chi connectivity index (χ3n) is 3.06. The van der Waals surface area contributed by atoms with Gasteiger partial charge in [0, 0.05) is 10.4 Å². The predicted molar refractivity (Wildman–Crippen MR) is 84.0 cm³/mol. The van der Waals surface area contributed by atoms with Crippen molar-refractivity contribution in [2.75, 3.05) is 5.73 Å². The largest absolute Gasteiger partial charge is 0.397 e. The molecule has 1 aromatic heterocycles. The molecule has 0 fully saturated rings. The van der Waals surface area contributed by atoms with Crippen LogP contribution in [0, 0.1) is 0 Å². The maximum atomic E-state index is 12.4. The highest BCUT2D eigenvalue weighted by Gasteiger charge is 2.16. The van der Waals surface area contributed by atoms with Gasteiger partial charge in [-0.05, 0) is 11.6 Å². The van der Waals surface area contributed by atoms with Crippen molar-refractivity contribution in [3.05, 3.63) is 77.2 Å². The van der Waals surface area contributed by atoms with Crippen LogP contribution in [0.1, 0.15) is 15.2 Å². The van der Waals surface area contributed by atoms with E-state index in [2.05, 4.69) is 0 Å². The van der Waals surface area contributed by atoms with Crippen LogP contribution in [0.4, 0.5) is 5.69 Å². The van der Waals surface area contributed by atoms with Crippen LogP contribution in [-0.2, 0) is 0 Å². The van der Waals surface area contributed by atoms with Gasteiger partial charge < -0.3 is 5.73 Å². The van der Waals surface area contributed by atoms with Crippen LogP contribution in [0.15, 0.2) is 66.7 Å². The third-order valence-corrected chi connectivity index (χ3v) is 4.26. The molecule has 0 amide bonds. The fourth-order valence-corrected chi connectivity index (χ4v) is 3.09. The van der Waals surface area contributed by atoms with E-state index in [-0.39, 0.29) is 5.78 Å². The van der Waals surface area contributed by atoms with Crippen molar-refractivity contribution >= 4 is 22.8 Å². The Hall–Kier alpha value is -2.39. The summed E-state index contributed by atoms with van der Waals surface area (Å²) in [5.41, 5.74) is 8.30. The van der Waals surface area contributed by atoms with Crippen molar-refractivity contribution in [1.29, 1.82) is 0 Å². The zero-order chi connectivity index (χ0) is 13.9. The average Bonchev–Trinajstić information content (AvgIpc) is 2.90. The van der Waals surface area contributed by atoms with Crippen LogP contribution >= 0.6 is 11.3 Å². The molecule has 3 aromatic rings. The smallest absolute Gasteiger partial charge is 0.205 e. The van der Waals surface area contributed by atoms with Gasteiger partial charge in [-0.2, -0.15) is 0 Å². The molecule has 0 radical (unpaired) electrons. The topological polar surface area (TPSA) is 43.1 Å². The summed E-state index contributed by atoms with van der Waals surface area (Å²) in [4.78, 5) is 14.1. The van der Waals surface area contributed by atoms with Crippen LogP contribution in [0.3, 0.4) is 0 Å². The summed E-state index contributed by atoms with van der Waals surface area (Å²) >= 11 is 1.44. The SMILES string of the molecule is Nc1cc(-c2ccccc2)sc1C(=O)c1ccccc1. The fourth-order valence-electron chi connectivity index (χ4n) is 2.05. The molecular formula is C17H13NOS. The molecule has 2 nitrogen and oxygen atoms in total. The molecule has 20 heavy (non-hydrogen) atoms. The van der Waals surface area contributed by atoms with Crippen molar-refractivity contribution in [3.63, 3.8) is 0 Å². The molecule has 2 aromatic carbocycles. The number of nitrogens with two attached hydrogens (primary N) is 1. The number of benzene rings is 2. The quantitative estimate of drug-likeness (QED) is 0.729. The molecule has 3 rings (SSSR count). The molecule has 0 unspecified atom stereocenters. The highest BCUT2D eigenvalue weighted by Crippen LogP contribution is 2.34. The van der Waals surface area contributed by atoms with Gasteiger partial charge in [0.2, 0.25) is 5.78 Å². The van der Waals surface area contributed by atoms with Crippen molar-refractivity contribution in [2.45, 2.75) is 0 Å². The lowest BCUT2D eigenvalue weighted by Gasteiger charge is -1.98. The summed E-state index contributed by atoms with van der Waals surface area (Å²) in [6, 6.07) is 21.0. The highest BCUT2D eigenvalue weighted by atomic mass is 32.1. The molecular weight excluding hydrogens is 266 g/mol. The molecule has 98 valence electrons. The van der Waals surface area contributed by atoms with Gasteiger partial charge in [-0.1, -0.05) is 60.7 Å². The van der Waals surface area contributed by atoms with Gasteiger partial charge in [-0.15, -0.1) is 11.3 Å². The molecule has 0 saturated heterocycles. The van der Waals surface area contributed by atoms with Gasteiger partial charge in [-0.3, -0.25) is 4.79 Å². The third kappa shape index (κ3) is 2.36. The minimum absolute atomic E-state index is 0.0183. The van der Waals surface area contributed by atoms with Gasteiger partial charge in [0.15, 0.2) is 0 Å². The lowest BCUT2D eigenvalue weighted by molar-refractivity contribution is 0.104. The molecule has 0 atom stereocenters. The Labute approximate surface area is 121 Å². The second-order valence-corrected chi connectivity index (χ2v) is 5.51. The van der Waals surface area contributed by atoms with Crippen molar-refractivity contribution in [1.82, 2.24) is 0 Å². The Bertz CT molecular complexity index is 732. The Morgan fingerprint density at radius 2 is 1.50 bits per heavy atom. The number of carbonyl (C=O) groups is 1. The molecule has 1 heterocycles. The first-order chi connectivity index (χ1) is 9.75. The first-order valence-electron chi connectivity index (χ1n) is 6.30. The van der Waals surface area contributed by atoms with E-state index in [4.69, 9.17) is 5.73 Å². The molecule has 2 N–H and O–H groups in total. The summed E-state index contributed by atoms with van der Waals surface area (Å²) in [6.45, 7) is 0. The van der Waals surface area contributed by atoms with Gasteiger partial charge in [-0.25, -0.2) is 0 Å². The number of thiophene rings is 1. The van der Waals surface area contributed by atoms with Crippen molar-refractivity contribution in [2.24, 2.45) is 0 Å². The van der Waals surface area contributed by atoms with Crippen LogP contribution < -0.4 is 5.73 Å². The molecule has 0 aliphatic heterocycles. The first kappa shape index (κ1) is 12.6. The van der Waals surface area contributed by atoms with E-state index in [0.717, 1.165) is 10.4 Å². The molecule has 0 aliphatic rings. The Morgan fingerprint density at radius 1 is 0.900 bits per heavy atom. The molecule has 0 aliphatic carbocycles. The molecule has 3 heteroatoms. The number of hydrogen-bond donors (Lipinski definition) is 1. The van der Waals surface area contributed by atoms with E-state index in [1.54, 1.807) is 0 Å². The standard InChI is InChI=1S/C17H13NOS/c18-14-11-15(12-7-3-1-4-8-12)20-17(14)16(19)13-9-5-2-6-10-13/h1-11H,18H2. The number of anilines is 1. The normalized spacial score (nSPS) is 10.4. The van der Waals surface area contributed by atoms with E-state index < -0.39 is 0 Å². The summed E-state index contributed by atoms with van der Waals surface area (Å²) in [7, 11) is 0. The first-order valence-corrected chi connectivity index (χ1v) is 7.12. The number of hydrogen-bond acceptors (Lipinski definition) is 3. The Balaban J connectivity index is 2.00. The van der Waals surface area contributed by atoms with Crippen LogP contribution in [0.2, 0.25) is 0 Å². The second-order valence-electron chi connectivity index (χ2n) is 4.46. The number of carbonyl (C=O) groups excluding carboxylic acids is 1. The van der Waals surface area contributed by atoms with Gasteiger partial charge in [0.25, 0.3) is 0 Å². The van der Waals surface area contributed by atoms with E-state index in [9.17, 15) is 4.79 Å². The summed E-state index contributed by atoms with van der Waals surface area (Å²) in [5, 5.41) is 0. The van der Waals surface area contributed by atoms with E-state index in [0.29, 0.717) is 16.1 Å². The molecule has 0 bridgehead atoms. The minimum atomic E-state index is -0.0183. The summed E-state index contributed by atoms with van der Waals surface area (Å²) < 4.78 is 0. The lowest BCUT2D eigenvalue weighted by Crippen LogP contribution is -2.01. The predicted octanol–water partition coefficient (Wildman–Crippen LogP) is 4.23. The van der Waals surface area contributed by atoms with Gasteiger partial charge in [0.05, 0.1) is 10.6 Å². The van der Waals surface area contributed by atoms with Gasteiger partial charge in [0.1, 0.15) is 0 Å². The van der Waals surface area contributed by atoms with Crippen molar-refractivity contribution in [3.8, 4) is 10.4 Å². The monoisotopic (exact) mass is 279 g/mol. The number of rotatable bonds is 3. The van der Waals surface area contributed by atoms with Crippen LogP contribution in [-0.4, -0.2) is 5.78 Å². The van der Waals surface area contributed by atoms with Crippen molar-refractivity contribution < 1.29 is 4.79 Å². The maximum Gasteiger partial charge on any atom is 0.205 e. The zero-order valence-corrected chi connectivity index (χ0v) is 11.6. The van der Waals surface area contributed by atoms with Crippen LogP contribution in [0.5, 0.6) is 0 Å². The molecule has 0 saturated carbocycles. The molecule has 0 spiro atoms. The number of ketones is 1. The van der Waals surface area contributed by atoms with E-state index >= 15 is 0 Å². The Morgan fingerprint density at radius 3 is 2.15 bits per heavy atom. The van der Waals surface area contributed by atoms with E-state index in [1.165, 1.54) is 11.3 Å². The minimum Gasteiger partial charge on any atom is -0.397 e. The second kappa shape index (κ2) is 5.31. The maximum absolute atomic E-state index is 12.4. The summed E-state index contributed by atoms with van der Waals surface area (Å²) in [5.74, 6) is -0.0183. The van der Waals surface area contributed by atoms with Crippen LogP contribution in [0.25, 0.3) is 10.4 Å². The summed E-state index contributed by atoms with van der Waals surface area (Å²) in [6.07, 6.45) is 0. The average molecular weight is 279 g/mol. The zero-order valence-electron chi connectivity index (χ0n) is 10.7. The number of nitrogen functional groups attached to an aromatic ring is 1.